The van der Waals surface area contributed by atoms with E-state index in [9.17, 15) is 27.5 Å². The van der Waals surface area contributed by atoms with Crippen molar-refractivity contribution >= 4 is 49.0 Å². The summed E-state index contributed by atoms with van der Waals surface area (Å²) in [7, 11) is 0. The second kappa shape index (κ2) is 5.53. The van der Waals surface area contributed by atoms with Gasteiger partial charge in [-0.15, -0.1) is 11.3 Å². The van der Waals surface area contributed by atoms with Crippen LogP contribution in [0.2, 0.25) is 0 Å². The lowest BCUT2D eigenvalue weighted by atomic mass is 10.0. The number of benzene rings is 1. The van der Waals surface area contributed by atoms with Crippen LogP contribution in [0.25, 0.3) is 0 Å². The number of hydrogen-bond donors (Lipinski definition) is 1. The molecule has 1 N–H and O–H groups in total. The number of phenolic OH excluding ortho intramolecular Hbond substituents is 1. The van der Waals surface area contributed by atoms with E-state index in [2.05, 4.69) is 31.9 Å². The number of rotatable bonds is 3. The van der Waals surface area contributed by atoms with Gasteiger partial charge in [0.2, 0.25) is 5.78 Å². The molecule has 4 rings (SSSR count). The summed E-state index contributed by atoms with van der Waals surface area (Å²) in [5, 5.41) is 9.73. The van der Waals surface area contributed by atoms with Crippen LogP contribution in [0.1, 0.15) is 50.0 Å². The number of fused-ring (bicyclic) bond motifs is 3. The lowest BCUT2D eigenvalue weighted by Crippen LogP contribution is -2.14. The van der Waals surface area contributed by atoms with Gasteiger partial charge in [0.15, 0.2) is 0 Å². The van der Waals surface area contributed by atoms with Crippen LogP contribution in [0.5, 0.6) is 5.75 Å². The average molecular weight is 500 g/mol. The van der Waals surface area contributed by atoms with E-state index >= 15 is 0 Å². The van der Waals surface area contributed by atoms with Crippen molar-refractivity contribution in [2.75, 3.05) is 0 Å². The minimum Gasteiger partial charge on any atom is -0.506 e. The highest BCUT2D eigenvalue weighted by Gasteiger charge is 2.66. The number of alkyl halides is 4. The van der Waals surface area contributed by atoms with Crippen LogP contribution in [-0.2, 0) is 5.92 Å². The first-order valence-electron chi connectivity index (χ1n) is 7.20. The molecule has 132 valence electrons. The molecular weight excluding hydrogens is 492 g/mol. The highest BCUT2D eigenvalue weighted by atomic mass is 79.9. The van der Waals surface area contributed by atoms with E-state index in [0.717, 1.165) is 0 Å². The second-order valence-electron chi connectivity index (χ2n) is 6.07. The Labute approximate surface area is 160 Å². The highest BCUT2D eigenvalue weighted by molar-refractivity contribution is 9.11. The molecule has 2 aliphatic rings. The summed E-state index contributed by atoms with van der Waals surface area (Å²) in [6.45, 7) is 0. The third kappa shape index (κ3) is 2.42. The summed E-state index contributed by atoms with van der Waals surface area (Å²) >= 11 is 6.64. The van der Waals surface area contributed by atoms with Gasteiger partial charge in [0.25, 0.3) is 12.3 Å². The Morgan fingerprint density at radius 1 is 1.28 bits per heavy atom. The van der Waals surface area contributed by atoms with Gasteiger partial charge in [-0.05, 0) is 61.9 Å². The Balaban J connectivity index is 1.88. The first kappa shape index (κ1) is 17.5. The molecule has 9 heteroatoms. The summed E-state index contributed by atoms with van der Waals surface area (Å²) in [6.07, 6.45) is -2.84. The maximum absolute atomic E-state index is 14.4. The second-order valence-corrected chi connectivity index (χ2v) is 8.83. The fraction of sp³-hybridized carbons (Fsp3) is 0.312. The number of carbonyl (C=O) groups excluding carboxylic acids is 1. The third-order valence-corrected chi connectivity index (χ3v) is 7.04. The molecule has 1 aromatic carbocycles. The molecule has 0 radical (unpaired) electrons. The van der Waals surface area contributed by atoms with E-state index in [-0.39, 0.29) is 37.1 Å². The fourth-order valence-corrected chi connectivity index (χ4v) is 5.83. The molecule has 0 aliphatic heterocycles. The number of hydrogen-bond acceptors (Lipinski definition) is 3. The summed E-state index contributed by atoms with van der Waals surface area (Å²) in [5.41, 5.74) is -0.441. The minimum absolute atomic E-state index is 0.0561. The number of aromatic hydroxyl groups is 1. The number of phenols is 1. The SMILES string of the molecule is O=C(c1cc(Br)c(O)c(Br)c1)c1sc(C(F)F)c2c1[C@@H]1C[C@@H]1C2(F)F. The summed E-state index contributed by atoms with van der Waals surface area (Å²) in [6, 6.07) is 2.68. The fourth-order valence-electron chi connectivity index (χ4n) is 3.41. The van der Waals surface area contributed by atoms with Crippen molar-refractivity contribution < 1.29 is 27.5 Å². The van der Waals surface area contributed by atoms with E-state index in [1.807, 2.05) is 0 Å². The lowest BCUT2D eigenvalue weighted by molar-refractivity contribution is -0.0252. The highest BCUT2D eigenvalue weighted by Crippen LogP contribution is 2.70. The van der Waals surface area contributed by atoms with E-state index < -0.39 is 40.4 Å². The van der Waals surface area contributed by atoms with Crippen LogP contribution in [0.3, 0.4) is 0 Å². The zero-order valence-electron chi connectivity index (χ0n) is 12.1. The molecule has 2 aliphatic carbocycles. The first-order valence-corrected chi connectivity index (χ1v) is 9.60. The molecule has 25 heavy (non-hydrogen) atoms. The van der Waals surface area contributed by atoms with Crippen LogP contribution >= 0.6 is 43.2 Å². The molecule has 1 saturated carbocycles. The van der Waals surface area contributed by atoms with Gasteiger partial charge in [-0.25, -0.2) is 17.6 Å². The molecule has 2 nitrogen and oxygen atoms in total. The molecule has 1 heterocycles. The van der Waals surface area contributed by atoms with Crippen molar-refractivity contribution in [3.05, 3.63) is 47.5 Å². The summed E-state index contributed by atoms with van der Waals surface area (Å²) < 4.78 is 55.8. The quantitative estimate of drug-likeness (QED) is 0.394. The number of carbonyl (C=O) groups is 1. The van der Waals surface area contributed by atoms with E-state index in [4.69, 9.17) is 0 Å². The lowest BCUT2D eigenvalue weighted by Gasteiger charge is -2.13. The molecule has 0 saturated heterocycles. The van der Waals surface area contributed by atoms with Crippen LogP contribution in [0, 0.1) is 5.92 Å². The normalized spacial score (nSPS) is 22.8. The van der Waals surface area contributed by atoms with Crippen molar-refractivity contribution in [1.82, 2.24) is 0 Å². The van der Waals surface area contributed by atoms with Gasteiger partial charge in [-0.2, -0.15) is 0 Å². The Bertz CT molecular complexity index is 902. The Hall–Kier alpha value is -0.930. The standard InChI is InChI=1S/C16H8Br2F4O2S/c17-7-1-4(2-8(18)12(7)24)11(23)13-9-5-3-6(5)16(21,22)10(9)14(25-13)15(19)20/h1-2,5-6,15,24H,3H2/t5-,6+/m1/s1. The van der Waals surface area contributed by atoms with Crippen molar-refractivity contribution in [3.63, 3.8) is 0 Å². The zero-order valence-corrected chi connectivity index (χ0v) is 16.1. The van der Waals surface area contributed by atoms with Crippen molar-refractivity contribution in [2.24, 2.45) is 5.92 Å². The minimum atomic E-state index is -3.31. The molecular formula is C16H8Br2F4O2S. The number of ketones is 1. The average Bonchev–Trinajstić information content (AvgIpc) is 3.17. The van der Waals surface area contributed by atoms with Crippen molar-refractivity contribution in [3.8, 4) is 5.75 Å². The smallest absolute Gasteiger partial charge is 0.278 e. The van der Waals surface area contributed by atoms with E-state index in [0.29, 0.717) is 11.3 Å². The van der Waals surface area contributed by atoms with Gasteiger partial charge in [-0.1, -0.05) is 0 Å². The van der Waals surface area contributed by atoms with Gasteiger partial charge in [0.05, 0.1) is 18.7 Å². The maximum Gasteiger partial charge on any atom is 0.278 e. The van der Waals surface area contributed by atoms with Crippen LogP contribution in [-0.4, -0.2) is 10.9 Å². The Kier molecular flexibility index (Phi) is 3.87. The van der Waals surface area contributed by atoms with Crippen LogP contribution in [0.4, 0.5) is 17.6 Å². The first-order chi connectivity index (χ1) is 11.6. The molecule has 1 fully saturated rings. The van der Waals surface area contributed by atoms with Gasteiger partial charge >= 0.3 is 0 Å². The number of thiophene rings is 1. The van der Waals surface area contributed by atoms with Gasteiger partial charge in [-0.3, -0.25) is 4.79 Å². The van der Waals surface area contributed by atoms with Crippen LogP contribution < -0.4 is 0 Å². The monoisotopic (exact) mass is 498 g/mol. The van der Waals surface area contributed by atoms with Crippen LogP contribution in [0.15, 0.2) is 21.1 Å². The summed E-state index contributed by atoms with van der Waals surface area (Å²) in [4.78, 5) is 12.1. The van der Waals surface area contributed by atoms with Crippen molar-refractivity contribution in [1.29, 1.82) is 0 Å². The zero-order chi connectivity index (χ0) is 18.3. The van der Waals surface area contributed by atoms with Gasteiger partial charge < -0.3 is 5.11 Å². The predicted molar refractivity (Wildman–Crippen MR) is 91.0 cm³/mol. The number of halogens is 6. The molecule has 0 spiro atoms. The Morgan fingerprint density at radius 2 is 1.88 bits per heavy atom. The van der Waals surface area contributed by atoms with Crippen molar-refractivity contribution in [2.45, 2.75) is 24.7 Å². The largest absolute Gasteiger partial charge is 0.506 e. The van der Waals surface area contributed by atoms with E-state index in [1.165, 1.54) is 12.1 Å². The molecule has 1 aromatic heterocycles. The molecule has 2 atom stereocenters. The molecule has 0 bridgehead atoms. The topological polar surface area (TPSA) is 37.3 Å². The van der Waals surface area contributed by atoms with Gasteiger partial charge in [0.1, 0.15) is 5.75 Å². The van der Waals surface area contributed by atoms with Gasteiger partial charge in [0, 0.05) is 17.0 Å². The molecule has 2 aromatic rings. The Morgan fingerprint density at radius 3 is 2.44 bits per heavy atom. The van der Waals surface area contributed by atoms with E-state index in [1.54, 1.807) is 0 Å². The predicted octanol–water partition coefficient (Wildman–Crippen LogP) is 6.36. The maximum atomic E-state index is 14.4. The third-order valence-electron chi connectivity index (χ3n) is 4.62. The summed E-state index contributed by atoms with van der Waals surface area (Å²) in [5.74, 6) is -5.53. The molecule has 0 amide bonds. The molecule has 0 unspecified atom stereocenters.